The Bertz CT molecular complexity index is 830. The topological polar surface area (TPSA) is 125 Å². The van der Waals surface area contributed by atoms with Gasteiger partial charge in [0.25, 0.3) is 5.69 Å². The van der Waals surface area contributed by atoms with Crippen LogP contribution >= 0.6 is 0 Å². The molecule has 0 heterocycles. The summed E-state index contributed by atoms with van der Waals surface area (Å²) in [5.41, 5.74) is 0.464. The smallest absolute Gasteiger partial charge is 0.339 e. The van der Waals surface area contributed by atoms with E-state index in [0.29, 0.717) is 11.3 Å². The highest BCUT2D eigenvalue weighted by atomic mass is 16.6. The predicted molar refractivity (Wildman–Crippen MR) is 82.4 cm³/mol. The Morgan fingerprint density at radius 2 is 1.78 bits per heavy atom. The number of nitrogens with zero attached hydrogens (tertiary/aromatic N) is 3. The summed E-state index contributed by atoms with van der Waals surface area (Å²) >= 11 is 0. The lowest BCUT2D eigenvalue weighted by Crippen LogP contribution is -1.95. The van der Waals surface area contributed by atoms with Crippen molar-refractivity contribution in [3.05, 3.63) is 64.2 Å². The summed E-state index contributed by atoms with van der Waals surface area (Å²) in [6, 6.07) is 7.89. The lowest BCUT2D eigenvalue weighted by molar-refractivity contribution is -0.385. The standard InChI is InChI=1S/C15H11N3O5/c1-2-9-7-10(3-5-13(9)18(22)23)16-17-11-4-6-14(19)12(8-11)15(20)21/h2-8,19H,1H2,(H,20,21). The van der Waals surface area contributed by atoms with Crippen LogP contribution in [0.3, 0.4) is 0 Å². The van der Waals surface area contributed by atoms with Gasteiger partial charge in [-0.2, -0.15) is 10.2 Å². The third-order valence-corrected chi connectivity index (χ3v) is 2.92. The van der Waals surface area contributed by atoms with Crippen LogP contribution in [0.5, 0.6) is 5.75 Å². The predicted octanol–water partition coefficient (Wildman–Crippen LogP) is 4.06. The van der Waals surface area contributed by atoms with Crippen LogP contribution < -0.4 is 0 Å². The molecule has 0 aliphatic heterocycles. The molecule has 0 fully saturated rings. The van der Waals surface area contributed by atoms with Gasteiger partial charge in [0.1, 0.15) is 11.3 Å². The zero-order chi connectivity index (χ0) is 17.0. The van der Waals surface area contributed by atoms with Gasteiger partial charge in [0.15, 0.2) is 0 Å². The number of phenols is 1. The molecule has 0 saturated carbocycles. The van der Waals surface area contributed by atoms with Crippen molar-refractivity contribution >= 4 is 29.1 Å². The molecular weight excluding hydrogens is 302 g/mol. The van der Waals surface area contributed by atoms with E-state index in [2.05, 4.69) is 16.8 Å². The zero-order valence-corrected chi connectivity index (χ0v) is 11.7. The molecule has 0 bridgehead atoms. The minimum absolute atomic E-state index is 0.100. The van der Waals surface area contributed by atoms with Crippen molar-refractivity contribution in [2.24, 2.45) is 10.2 Å². The quantitative estimate of drug-likeness (QED) is 0.489. The van der Waals surface area contributed by atoms with E-state index in [4.69, 9.17) is 5.11 Å². The number of hydrogen-bond donors (Lipinski definition) is 2. The number of azo groups is 1. The fourth-order valence-corrected chi connectivity index (χ4v) is 1.81. The van der Waals surface area contributed by atoms with Crippen molar-refractivity contribution in [3.63, 3.8) is 0 Å². The molecule has 0 aliphatic carbocycles. The van der Waals surface area contributed by atoms with E-state index in [1.807, 2.05) is 0 Å². The summed E-state index contributed by atoms with van der Waals surface area (Å²) in [6.45, 7) is 3.50. The Morgan fingerprint density at radius 1 is 1.17 bits per heavy atom. The Hall–Kier alpha value is -3.55. The molecule has 8 nitrogen and oxygen atoms in total. The van der Waals surface area contributed by atoms with Gasteiger partial charge in [-0.3, -0.25) is 10.1 Å². The van der Waals surface area contributed by atoms with Crippen molar-refractivity contribution in [1.82, 2.24) is 0 Å². The summed E-state index contributed by atoms with van der Waals surface area (Å²) in [7, 11) is 0. The van der Waals surface area contributed by atoms with Crippen molar-refractivity contribution in [1.29, 1.82) is 0 Å². The molecule has 0 spiro atoms. The van der Waals surface area contributed by atoms with Gasteiger partial charge in [-0.1, -0.05) is 12.7 Å². The number of carboxylic acids is 1. The van der Waals surface area contributed by atoms with Crippen LogP contribution in [0.15, 0.2) is 53.2 Å². The van der Waals surface area contributed by atoms with Gasteiger partial charge in [-0.15, -0.1) is 0 Å². The van der Waals surface area contributed by atoms with Gasteiger partial charge >= 0.3 is 5.97 Å². The summed E-state index contributed by atoms with van der Waals surface area (Å²) in [6.07, 6.45) is 1.33. The molecule has 0 aromatic heterocycles. The maximum Gasteiger partial charge on any atom is 0.339 e. The number of nitro benzene ring substituents is 1. The summed E-state index contributed by atoms with van der Waals surface area (Å²) in [5.74, 6) is -1.66. The lowest BCUT2D eigenvalue weighted by Gasteiger charge is -2.01. The maximum absolute atomic E-state index is 10.9. The molecule has 0 saturated heterocycles. The Morgan fingerprint density at radius 3 is 2.35 bits per heavy atom. The molecule has 0 radical (unpaired) electrons. The van der Waals surface area contributed by atoms with Crippen LogP contribution in [0.1, 0.15) is 15.9 Å². The molecule has 0 unspecified atom stereocenters. The number of rotatable bonds is 5. The molecule has 2 N–H and O–H groups in total. The largest absolute Gasteiger partial charge is 0.507 e. The van der Waals surface area contributed by atoms with Crippen molar-refractivity contribution in [2.75, 3.05) is 0 Å². The number of carbonyl (C=O) groups is 1. The van der Waals surface area contributed by atoms with Crippen LogP contribution in [-0.4, -0.2) is 21.1 Å². The normalized spacial score (nSPS) is 10.6. The van der Waals surface area contributed by atoms with Gasteiger partial charge in [0, 0.05) is 6.07 Å². The number of hydrogen-bond acceptors (Lipinski definition) is 6. The number of aromatic carboxylic acids is 1. The average Bonchev–Trinajstić information content (AvgIpc) is 2.53. The molecule has 2 rings (SSSR count). The molecule has 0 amide bonds. The van der Waals surface area contributed by atoms with Gasteiger partial charge in [0.05, 0.1) is 21.9 Å². The summed E-state index contributed by atoms with van der Waals surface area (Å²) in [4.78, 5) is 21.2. The van der Waals surface area contributed by atoms with Crippen molar-refractivity contribution in [3.8, 4) is 5.75 Å². The molecule has 8 heteroatoms. The minimum Gasteiger partial charge on any atom is -0.507 e. The molecule has 23 heavy (non-hydrogen) atoms. The number of benzene rings is 2. The first-order chi connectivity index (χ1) is 10.9. The average molecular weight is 313 g/mol. The molecule has 0 atom stereocenters. The van der Waals surface area contributed by atoms with Gasteiger partial charge in [-0.25, -0.2) is 4.79 Å². The van der Waals surface area contributed by atoms with E-state index in [1.165, 1.54) is 42.5 Å². The fraction of sp³-hybridized carbons (Fsp3) is 0. The van der Waals surface area contributed by atoms with Gasteiger partial charge < -0.3 is 10.2 Å². The van der Waals surface area contributed by atoms with Crippen LogP contribution in [0.4, 0.5) is 17.1 Å². The second-order valence-corrected chi connectivity index (χ2v) is 4.41. The fourth-order valence-electron chi connectivity index (χ4n) is 1.81. The molecule has 116 valence electrons. The highest BCUT2D eigenvalue weighted by Crippen LogP contribution is 2.28. The van der Waals surface area contributed by atoms with E-state index in [0.717, 1.165) is 0 Å². The number of nitro groups is 1. The van der Waals surface area contributed by atoms with Crippen LogP contribution in [-0.2, 0) is 0 Å². The SMILES string of the molecule is C=Cc1cc(N=Nc2ccc(O)c(C(=O)O)c2)ccc1[N+](=O)[O-]. The Kier molecular flexibility index (Phi) is 4.46. The second kappa shape index (κ2) is 6.48. The minimum atomic E-state index is -1.29. The Labute approximate surface area is 130 Å². The lowest BCUT2D eigenvalue weighted by atomic mass is 10.1. The first-order valence-corrected chi connectivity index (χ1v) is 6.31. The first kappa shape index (κ1) is 15.8. The van der Waals surface area contributed by atoms with Gasteiger partial charge in [-0.05, 0) is 30.3 Å². The third-order valence-electron chi connectivity index (χ3n) is 2.92. The number of aromatic hydroxyl groups is 1. The first-order valence-electron chi connectivity index (χ1n) is 6.31. The highest BCUT2D eigenvalue weighted by molar-refractivity contribution is 5.91. The molecule has 2 aromatic rings. The third kappa shape index (κ3) is 3.56. The van der Waals surface area contributed by atoms with Crippen molar-refractivity contribution in [2.45, 2.75) is 0 Å². The van der Waals surface area contributed by atoms with Crippen LogP contribution in [0.25, 0.3) is 6.08 Å². The molecular formula is C15H11N3O5. The number of carboxylic acid groups (broad SMARTS) is 1. The monoisotopic (exact) mass is 313 g/mol. The van der Waals surface area contributed by atoms with E-state index < -0.39 is 10.9 Å². The van der Waals surface area contributed by atoms with Gasteiger partial charge in [0.2, 0.25) is 0 Å². The second-order valence-electron chi connectivity index (χ2n) is 4.41. The summed E-state index contributed by atoms with van der Waals surface area (Å²) < 4.78 is 0. The van der Waals surface area contributed by atoms with E-state index in [1.54, 1.807) is 0 Å². The summed E-state index contributed by atoms with van der Waals surface area (Å²) in [5, 5.41) is 36.9. The maximum atomic E-state index is 10.9. The van der Waals surface area contributed by atoms with E-state index in [9.17, 15) is 20.0 Å². The molecule has 0 aliphatic rings. The van der Waals surface area contributed by atoms with E-state index >= 15 is 0 Å². The van der Waals surface area contributed by atoms with E-state index in [-0.39, 0.29) is 22.7 Å². The Balaban J connectivity index is 2.34. The van der Waals surface area contributed by atoms with Crippen LogP contribution in [0, 0.1) is 10.1 Å². The highest BCUT2D eigenvalue weighted by Gasteiger charge is 2.12. The van der Waals surface area contributed by atoms with Crippen LogP contribution in [0.2, 0.25) is 0 Å². The zero-order valence-electron chi connectivity index (χ0n) is 11.7. The van der Waals surface area contributed by atoms with Crippen molar-refractivity contribution < 1.29 is 19.9 Å². The molecule has 2 aromatic carbocycles.